The van der Waals surface area contributed by atoms with Crippen LogP contribution in [0.5, 0.6) is 0 Å². The van der Waals surface area contributed by atoms with Crippen molar-refractivity contribution >= 4 is 5.91 Å². The Labute approximate surface area is 142 Å². The van der Waals surface area contributed by atoms with Gasteiger partial charge in [-0.2, -0.15) is 18.2 Å². The van der Waals surface area contributed by atoms with E-state index in [0.29, 0.717) is 0 Å². The van der Waals surface area contributed by atoms with Crippen LogP contribution in [0.2, 0.25) is 0 Å². The third-order valence-electron chi connectivity index (χ3n) is 3.96. The smallest absolute Gasteiger partial charge is 0.343 e. The molecule has 1 fully saturated rings. The molecule has 1 unspecified atom stereocenters. The SMILES string of the molecule is O=C(NC1CCCC1(F)F)c1ccc(-c2noc(C(F)(F)F)n2)cc1F. The van der Waals surface area contributed by atoms with Crippen LogP contribution in [0.25, 0.3) is 11.4 Å². The van der Waals surface area contributed by atoms with Crippen molar-refractivity contribution in [3.8, 4) is 11.4 Å². The minimum Gasteiger partial charge on any atom is -0.343 e. The number of nitrogens with one attached hydrogen (secondary N) is 1. The first kappa shape index (κ1) is 18.2. The van der Waals surface area contributed by atoms with Crippen LogP contribution >= 0.6 is 0 Å². The summed E-state index contributed by atoms with van der Waals surface area (Å²) in [6, 6.07) is 1.39. The Bertz CT molecular complexity index is 833. The molecule has 1 aromatic heterocycles. The van der Waals surface area contributed by atoms with Gasteiger partial charge in [0.1, 0.15) is 5.82 Å². The number of benzene rings is 1. The number of alkyl halides is 5. The van der Waals surface area contributed by atoms with E-state index >= 15 is 0 Å². The van der Waals surface area contributed by atoms with Gasteiger partial charge < -0.3 is 9.84 Å². The van der Waals surface area contributed by atoms with Crippen molar-refractivity contribution in [3.05, 3.63) is 35.5 Å². The maximum absolute atomic E-state index is 14.1. The third-order valence-corrected chi connectivity index (χ3v) is 3.96. The highest BCUT2D eigenvalue weighted by molar-refractivity contribution is 5.95. The zero-order valence-corrected chi connectivity index (χ0v) is 12.9. The summed E-state index contributed by atoms with van der Waals surface area (Å²) < 4.78 is 82.6. The van der Waals surface area contributed by atoms with Crippen LogP contribution in [-0.2, 0) is 6.18 Å². The number of hydrogen-bond donors (Lipinski definition) is 1. The molecule has 1 aliphatic carbocycles. The van der Waals surface area contributed by atoms with Crippen LogP contribution < -0.4 is 5.32 Å². The van der Waals surface area contributed by atoms with Crippen molar-refractivity contribution in [2.75, 3.05) is 0 Å². The van der Waals surface area contributed by atoms with Crippen LogP contribution in [0.4, 0.5) is 26.3 Å². The normalized spacial score (nSPS) is 19.5. The van der Waals surface area contributed by atoms with E-state index in [1.54, 1.807) is 0 Å². The van der Waals surface area contributed by atoms with Crippen molar-refractivity contribution in [1.82, 2.24) is 15.5 Å². The van der Waals surface area contributed by atoms with E-state index in [-0.39, 0.29) is 24.8 Å². The Morgan fingerprint density at radius 2 is 2.04 bits per heavy atom. The summed E-state index contributed by atoms with van der Waals surface area (Å²) in [6.07, 6.45) is -4.91. The quantitative estimate of drug-likeness (QED) is 0.824. The fourth-order valence-electron chi connectivity index (χ4n) is 2.64. The second-order valence-corrected chi connectivity index (χ2v) is 5.79. The number of amides is 1. The van der Waals surface area contributed by atoms with Gasteiger partial charge in [0.15, 0.2) is 0 Å². The number of carbonyl (C=O) groups is 1. The minimum atomic E-state index is -4.85. The molecule has 11 heteroatoms. The van der Waals surface area contributed by atoms with Crippen molar-refractivity contribution < 1.29 is 35.7 Å². The van der Waals surface area contributed by atoms with E-state index < -0.39 is 47.1 Å². The summed E-state index contributed by atoms with van der Waals surface area (Å²) in [5.74, 6) is -7.34. The Morgan fingerprint density at radius 1 is 1.31 bits per heavy atom. The highest BCUT2D eigenvalue weighted by atomic mass is 19.4. The van der Waals surface area contributed by atoms with E-state index in [0.717, 1.165) is 18.2 Å². The Kier molecular flexibility index (Phi) is 4.41. The van der Waals surface area contributed by atoms with Crippen molar-refractivity contribution in [2.45, 2.75) is 37.4 Å². The van der Waals surface area contributed by atoms with Gasteiger partial charge in [0, 0.05) is 12.0 Å². The summed E-state index contributed by atoms with van der Waals surface area (Å²) >= 11 is 0. The molecule has 1 atom stereocenters. The largest absolute Gasteiger partial charge is 0.471 e. The van der Waals surface area contributed by atoms with Gasteiger partial charge in [-0.1, -0.05) is 11.2 Å². The molecule has 1 amide bonds. The molecule has 1 aliphatic rings. The molecule has 1 aromatic carbocycles. The number of carbonyl (C=O) groups excluding carboxylic acids is 1. The van der Waals surface area contributed by atoms with Crippen LogP contribution in [-0.4, -0.2) is 28.0 Å². The van der Waals surface area contributed by atoms with Crippen LogP contribution in [0.1, 0.15) is 35.5 Å². The molecule has 5 nitrogen and oxygen atoms in total. The lowest BCUT2D eigenvalue weighted by Crippen LogP contribution is -2.44. The highest BCUT2D eigenvalue weighted by Gasteiger charge is 2.44. The minimum absolute atomic E-state index is 0.0710. The molecule has 26 heavy (non-hydrogen) atoms. The Hall–Kier alpha value is -2.59. The lowest BCUT2D eigenvalue weighted by atomic mass is 10.1. The second-order valence-electron chi connectivity index (χ2n) is 5.79. The fraction of sp³-hybridized carbons (Fsp3) is 0.400. The number of hydrogen-bond acceptors (Lipinski definition) is 4. The van der Waals surface area contributed by atoms with Gasteiger partial charge in [-0.15, -0.1) is 0 Å². The first-order valence-corrected chi connectivity index (χ1v) is 7.47. The zero-order chi connectivity index (χ0) is 19.1. The summed E-state index contributed by atoms with van der Waals surface area (Å²) in [6.45, 7) is 0. The summed E-state index contributed by atoms with van der Waals surface area (Å²) in [4.78, 5) is 15.1. The first-order valence-electron chi connectivity index (χ1n) is 7.47. The predicted octanol–water partition coefficient (Wildman–Crippen LogP) is 3.81. The monoisotopic (exact) mass is 379 g/mol. The van der Waals surface area contributed by atoms with Gasteiger partial charge in [-0.3, -0.25) is 4.79 Å². The molecule has 0 bridgehead atoms. The Balaban J connectivity index is 1.79. The van der Waals surface area contributed by atoms with E-state index in [1.807, 2.05) is 0 Å². The Morgan fingerprint density at radius 3 is 2.58 bits per heavy atom. The van der Waals surface area contributed by atoms with Crippen molar-refractivity contribution in [3.63, 3.8) is 0 Å². The number of rotatable bonds is 3. The summed E-state index contributed by atoms with van der Waals surface area (Å²) in [5.41, 5.74) is -0.680. The molecule has 2 aromatic rings. The molecule has 0 radical (unpaired) electrons. The average molecular weight is 379 g/mol. The first-order chi connectivity index (χ1) is 12.1. The van der Waals surface area contributed by atoms with Crippen molar-refractivity contribution in [1.29, 1.82) is 0 Å². The van der Waals surface area contributed by atoms with E-state index in [1.165, 1.54) is 0 Å². The molecular formula is C15H11F6N3O2. The molecule has 3 rings (SSSR count). The third kappa shape index (κ3) is 3.51. The van der Waals surface area contributed by atoms with Gasteiger partial charge in [0.2, 0.25) is 5.82 Å². The zero-order valence-electron chi connectivity index (χ0n) is 12.9. The predicted molar refractivity (Wildman–Crippen MR) is 74.7 cm³/mol. The topological polar surface area (TPSA) is 68.0 Å². The average Bonchev–Trinajstić information content (AvgIpc) is 3.14. The van der Waals surface area contributed by atoms with Crippen LogP contribution in [0, 0.1) is 5.82 Å². The fourth-order valence-corrected chi connectivity index (χ4v) is 2.64. The molecule has 1 saturated carbocycles. The van der Waals surface area contributed by atoms with E-state index in [2.05, 4.69) is 20.0 Å². The molecule has 1 heterocycles. The molecule has 0 aliphatic heterocycles. The maximum atomic E-state index is 14.1. The molecular weight excluding hydrogens is 368 g/mol. The van der Waals surface area contributed by atoms with Gasteiger partial charge in [0.25, 0.3) is 11.8 Å². The molecule has 1 N–H and O–H groups in total. The van der Waals surface area contributed by atoms with Crippen molar-refractivity contribution in [2.24, 2.45) is 0 Å². The summed E-state index contributed by atoms with van der Waals surface area (Å²) in [5, 5.41) is 5.18. The van der Waals surface area contributed by atoms with Crippen LogP contribution in [0.15, 0.2) is 22.7 Å². The molecule has 140 valence electrons. The highest BCUT2D eigenvalue weighted by Crippen LogP contribution is 2.35. The second kappa shape index (κ2) is 6.29. The number of nitrogens with zero attached hydrogens (tertiary/aromatic N) is 2. The molecule has 0 saturated heterocycles. The van der Waals surface area contributed by atoms with Gasteiger partial charge in [-0.25, -0.2) is 13.2 Å². The lowest BCUT2D eigenvalue weighted by molar-refractivity contribution is -0.159. The number of halogens is 6. The van der Waals surface area contributed by atoms with Gasteiger partial charge in [0.05, 0.1) is 11.6 Å². The number of aromatic nitrogens is 2. The van der Waals surface area contributed by atoms with E-state index in [4.69, 9.17) is 0 Å². The summed E-state index contributed by atoms with van der Waals surface area (Å²) in [7, 11) is 0. The van der Waals surface area contributed by atoms with Gasteiger partial charge >= 0.3 is 12.1 Å². The van der Waals surface area contributed by atoms with Gasteiger partial charge in [-0.05, 0) is 25.0 Å². The van der Waals surface area contributed by atoms with Crippen LogP contribution in [0.3, 0.4) is 0 Å². The maximum Gasteiger partial charge on any atom is 0.471 e. The molecule has 0 spiro atoms. The standard InChI is InChI=1S/C15H11F6N3O2/c16-9-6-7(11-23-13(26-24-11)15(19,20)21)3-4-8(9)12(25)22-10-2-1-5-14(10,17)18/h3-4,6,10H,1-2,5H2,(H,22,25). The van der Waals surface area contributed by atoms with E-state index in [9.17, 15) is 31.1 Å². The lowest BCUT2D eigenvalue weighted by Gasteiger charge is -2.20.